The Morgan fingerprint density at radius 1 is 1.12 bits per heavy atom. The van der Waals surface area contributed by atoms with Crippen LogP contribution in [-0.2, 0) is 0 Å². The first-order chi connectivity index (χ1) is 7.61. The summed E-state index contributed by atoms with van der Waals surface area (Å²) in [4.78, 5) is 12.8. The summed E-state index contributed by atoms with van der Waals surface area (Å²) in [6, 6.07) is 0.579. The number of carbonyl (C=O) groups excluding carboxylic acids is 1. The fourth-order valence-corrected chi connectivity index (χ4v) is 1.65. The maximum absolute atomic E-state index is 11.2. The maximum atomic E-state index is 11.2. The monoisotopic (exact) mass is 229 g/mol. The average Bonchev–Trinajstić information content (AvgIpc) is 2.24. The van der Waals surface area contributed by atoms with Crippen LogP contribution in [0.3, 0.4) is 0 Å². The first-order valence-electron chi connectivity index (χ1n) is 6.30. The molecule has 2 amide bonds. The standard InChI is InChI=1S/C12H27N3O/c1-5-7-11(8-6-2)13-9-10-14-12(16)15(3)4/h11,13H,5-10H2,1-4H3,(H,14,16). The van der Waals surface area contributed by atoms with Gasteiger partial charge in [0, 0.05) is 33.2 Å². The molecule has 4 nitrogen and oxygen atoms in total. The highest BCUT2D eigenvalue weighted by Gasteiger charge is 2.05. The first-order valence-corrected chi connectivity index (χ1v) is 6.30. The molecule has 0 saturated heterocycles. The molecule has 0 aliphatic heterocycles. The predicted molar refractivity (Wildman–Crippen MR) is 68.7 cm³/mol. The van der Waals surface area contributed by atoms with Crippen molar-refractivity contribution >= 4 is 6.03 Å². The molecule has 0 aliphatic rings. The van der Waals surface area contributed by atoms with Crippen molar-refractivity contribution in [3.05, 3.63) is 0 Å². The molecule has 0 bridgehead atoms. The zero-order valence-corrected chi connectivity index (χ0v) is 11.2. The van der Waals surface area contributed by atoms with E-state index in [1.54, 1.807) is 19.0 Å². The minimum atomic E-state index is -0.0238. The Morgan fingerprint density at radius 3 is 2.12 bits per heavy atom. The molecule has 0 rings (SSSR count). The fourth-order valence-electron chi connectivity index (χ4n) is 1.65. The SMILES string of the molecule is CCCC(CCC)NCCNC(=O)N(C)C. The van der Waals surface area contributed by atoms with Gasteiger partial charge in [-0.1, -0.05) is 26.7 Å². The van der Waals surface area contributed by atoms with Crippen LogP contribution in [0.4, 0.5) is 4.79 Å². The van der Waals surface area contributed by atoms with Gasteiger partial charge in [0.15, 0.2) is 0 Å². The predicted octanol–water partition coefficient (Wildman–Crippen LogP) is 1.82. The molecule has 0 aliphatic carbocycles. The summed E-state index contributed by atoms with van der Waals surface area (Å²) < 4.78 is 0. The van der Waals surface area contributed by atoms with Gasteiger partial charge >= 0.3 is 6.03 Å². The number of hydrogen-bond acceptors (Lipinski definition) is 2. The third-order valence-corrected chi connectivity index (χ3v) is 2.51. The number of urea groups is 1. The van der Waals surface area contributed by atoms with Gasteiger partial charge < -0.3 is 15.5 Å². The second kappa shape index (κ2) is 9.46. The minimum absolute atomic E-state index is 0.0238. The molecule has 0 aromatic rings. The zero-order valence-electron chi connectivity index (χ0n) is 11.2. The van der Waals surface area contributed by atoms with E-state index in [2.05, 4.69) is 24.5 Å². The quantitative estimate of drug-likeness (QED) is 0.624. The lowest BCUT2D eigenvalue weighted by atomic mass is 10.1. The van der Waals surface area contributed by atoms with Crippen LogP contribution >= 0.6 is 0 Å². The zero-order chi connectivity index (χ0) is 12.4. The van der Waals surface area contributed by atoms with Gasteiger partial charge in [-0.25, -0.2) is 4.79 Å². The second-order valence-electron chi connectivity index (χ2n) is 4.35. The fraction of sp³-hybridized carbons (Fsp3) is 0.917. The van der Waals surface area contributed by atoms with E-state index in [4.69, 9.17) is 0 Å². The van der Waals surface area contributed by atoms with Gasteiger partial charge in [-0.15, -0.1) is 0 Å². The summed E-state index contributed by atoms with van der Waals surface area (Å²) in [5, 5.41) is 6.33. The Bertz CT molecular complexity index is 177. The lowest BCUT2D eigenvalue weighted by Crippen LogP contribution is -2.40. The topological polar surface area (TPSA) is 44.4 Å². The number of rotatable bonds is 8. The van der Waals surface area contributed by atoms with Crippen molar-refractivity contribution in [2.24, 2.45) is 0 Å². The number of amides is 2. The molecule has 0 saturated carbocycles. The number of hydrogen-bond donors (Lipinski definition) is 2. The summed E-state index contributed by atoms with van der Waals surface area (Å²) in [6.45, 7) is 5.96. The molecular weight excluding hydrogens is 202 g/mol. The van der Waals surface area contributed by atoms with Crippen molar-refractivity contribution in [1.29, 1.82) is 0 Å². The molecule has 0 fully saturated rings. The number of carbonyl (C=O) groups is 1. The summed E-state index contributed by atoms with van der Waals surface area (Å²) in [7, 11) is 3.50. The van der Waals surface area contributed by atoms with Crippen molar-refractivity contribution < 1.29 is 4.79 Å². The van der Waals surface area contributed by atoms with Crippen LogP contribution in [0, 0.1) is 0 Å². The Morgan fingerprint density at radius 2 is 1.69 bits per heavy atom. The molecule has 2 N–H and O–H groups in total. The third kappa shape index (κ3) is 7.51. The van der Waals surface area contributed by atoms with E-state index >= 15 is 0 Å². The van der Waals surface area contributed by atoms with Crippen LogP contribution in [0.5, 0.6) is 0 Å². The molecule has 0 spiro atoms. The highest BCUT2D eigenvalue weighted by Crippen LogP contribution is 2.03. The minimum Gasteiger partial charge on any atom is -0.337 e. The van der Waals surface area contributed by atoms with Gasteiger partial charge in [0.25, 0.3) is 0 Å². The molecule has 96 valence electrons. The Kier molecular flexibility index (Phi) is 9.00. The van der Waals surface area contributed by atoms with E-state index in [9.17, 15) is 4.79 Å². The number of nitrogens with zero attached hydrogens (tertiary/aromatic N) is 1. The van der Waals surface area contributed by atoms with Crippen LogP contribution in [0.2, 0.25) is 0 Å². The molecule has 0 aromatic heterocycles. The molecule has 0 unspecified atom stereocenters. The van der Waals surface area contributed by atoms with Crippen molar-refractivity contribution in [2.75, 3.05) is 27.2 Å². The van der Waals surface area contributed by atoms with Crippen LogP contribution in [0.15, 0.2) is 0 Å². The van der Waals surface area contributed by atoms with Crippen molar-refractivity contribution in [2.45, 2.75) is 45.6 Å². The van der Waals surface area contributed by atoms with Crippen molar-refractivity contribution in [3.8, 4) is 0 Å². The lowest BCUT2D eigenvalue weighted by Gasteiger charge is -2.18. The largest absolute Gasteiger partial charge is 0.337 e. The molecule has 4 heteroatoms. The Hall–Kier alpha value is -0.770. The van der Waals surface area contributed by atoms with E-state index in [-0.39, 0.29) is 6.03 Å². The van der Waals surface area contributed by atoms with E-state index in [1.807, 2.05) is 0 Å². The summed E-state index contributed by atoms with van der Waals surface area (Å²) in [5.41, 5.74) is 0. The first kappa shape index (κ1) is 15.2. The molecule has 0 aromatic carbocycles. The summed E-state index contributed by atoms with van der Waals surface area (Å²) >= 11 is 0. The van der Waals surface area contributed by atoms with Gasteiger partial charge in [0.2, 0.25) is 0 Å². The van der Waals surface area contributed by atoms with Crippen LogP contribution in [0.1, 0.15) is 39.5 Å². The van der Waals surface area contributed by atoms with E-state index in [0.29, 0.717) is 12.6 Å². The van der Waals surface area contributed by atoms with Gasteiger partial charge in [-0.05, 0) is 12.8 Å². The van der Waals surface area contributed by atoms with E-state index in [0.717, 1.165) is 6.54 Å². The van der Waals surface area contributed by atoms with Gasteiger partial charge in [-0.3, -0.25) is 0 Å². The normalized spacial score (nSPS) is 10.6. The molecule has 0 atom stereocenters. The third-order valence-electron chi connectivity index (χ3n) is 2.51. The highest BCUT2D eigenvalue weighted by molar-refractivity contribution is 5.73. The number of nitrogens with one attached hydrogen (secondary N) is 2. The Balaban J connectivity index is 3.57. The van der Waals surface area contributed by atoms with Gasteiger partial charge in [-0.2, -0.15) is 0 Å². The van der Waals surface area contributed by atoms with E-state index in [1.165, 1.54) is 25.7 Å². The molecular formula is C12H27N3O. The second-order valence-corrected chi connectivity index (χ2v) is 4.35. The van der Waals surface area contributed by atoms with Crippen molar-refractivity contribution in [1.82, 2.24) is 15.5 Å². The summed E-state index contributed by atoms with van der Waals surface area (Å²) in [6.07, 6.45) is 4.86. The lowest BCUT2D eigenvalue weighted by molar-refractivity contribution is 0.217. The van der Waals surface area contributed by atoms with Crippen LogP contribution < -0.4 is 10.6 Å². The summed E-state index contributed by atoms with van der Waals surface area (Å²) in [5.74, 6) is 0. The van der Waals surface area contributed by atoms with Gasteiger partial charge in [0.05, 0.1) is 0 Å². The van der Waals surface area contributed by atoms with E-state index < -0.39 is 0 Å². The van der Waals surface area contributed by atoms with Crippen molar-refractivity contribution in [3.63, 3.8) is 0 Å². The van der Waals surface area contributed by atoms with Gasteiger partial charge in [0.1, 0.15) is 0 Å². The smallest absolute Gasteiger partial charge is 0.316 e. The maximum Gasteiger partial charge on any atom is 0.316 e. The highest BCUT2D eigenvalue weighted by atomic mass is 16.2. The average molecular weight is 229 g/mol. The molecule has 16 heavy (non-hydrogen) atoms. The Labute approximate surface area is 99.8 Å². The molecule has 0 heterocycles. The molecule has 0 radical (unpaired) electrons. The van der Waals surface area contributed by atoms with Crippen LogP contribution in [-0.4, -0.2) is 44.2 Å². The van der Waals surface area contributed by atoms with Crippen LogP contribution in [0.25, 0.3) is 0 Å².